The van der Waals surface area contributed by atoms with Crippen LogP contribution in [0.2, 0.25) is 0 Å². The first-order valence-electron chi connectivity index (χ1n) is 10.1. The summed E-state index contributed by atoms with van der Waals surface area (Å²) in [5.41, 5.74) is 5.84. The molecule has 4 heteroatoms. The minimum Gasteiger partial charge on any atom is -0.487 e. The molecule has 4 nitrogen and oxygen atoms in total. The average Bonchev–Trinajstić information content (AvgIpc) is 2.69. The number of aryl methyl sites for hydroxylation is 2. The van der Waals surface area contributed by atoms with E-state index in [1.54, 1.807) is 12.4 Å². The number of carbonyl (C=O) groups is 2. The summed E-state index contributed by atoms with van der Waals surface area (Å²) in [5.74, 6) is 0.821. The normalized spacial score (nSPS) is 14.7. The average molecular weight is 399 g/mol. The Morgan fingerprint density at radius 1 is 1.03 bits per heavy atom. The lowest BCUT2D eigenvalue weighted by atomic mass is 9.89. The topological polar surface area (TPSA) is 56.3 Å². The van der Waals surface area contributed by atoms with Gasteiger partial charge in [0, 0.05) is 24.4 Å². The second-order valence-corrected chi connectivity index (χ2v) is 8.60. The van der Waals surface area contributed by atoms with E-state index in [0.29, 0.717) is 29.7 Å². The smallest absolute Gasteiger partial charge is 0.170 e. The molecule has 0 radical (unpaired) electrons. The lowest BCUT2D eigenvalue weighted by molar-refractivity contribution is 0.0620. The Morgan fingerprint density at radius 2 is 1.77 bits per heavy atom. The Bertz CT molecular complexity index is 1140. The zero-order valence-electron chi connectivity index (χ0n) is 17.8. The molecule has 0 N–H and O–H groups in total. The fraction of sp³-hybridized carbons (Fsp3) is 0.269. The van der Waals surface area contributed by atoms with Crippen molar-refractivity contribution in [3.05, 3.63) is 82.7 Å². The number of fused-ring (bicyclic) bond motifs is 1. The Morgan fingerprint density at radius 3 is 2.47 bits per heavy atom. The second kappa shape index (κ2) is 7.52. The number of ether oxygens (including phenoxy) is 1. The van der Waals surface area contributed by atoms with E-state index >= 15 is 0 Å². The number of aromatic nitrogens is 1. The fourth-order valence-corrected chi connectivity index (χ4v) is 3.93. The van der Waals surface area contributed by atoms with Gasteiger partial charge in [0.1, 0.15) is 11.4 Å². The molecule has 2 aromatic carbocycles. The summed E-state index contributed by atoms with van der Waals surface area (Å²) in [6, 6.07) is 13.4. The second-order valence-electron chi connectivity index (χ2n) is 8.60. The minimum absolute atomic E-state index is 0.0775. The van der Waals surface area contributed by atoms with Crippen LogP contribution in [0, 0.1) is 13.8 Å². The van der Waals surface area contributed by atoms with Gasteiger partial charge >= 0.3 is 0 Å². The Kier molecular flexibility index (Phi) is 5.02. The van der Waals surface area contributed by atoms with Crippen molar-refractivity contribution in [2.24, 2.45) is 0 Å². The van der Waals surface area contributed by atoms with Crippen molar-refractivity contribution in [3.8, 4) is 16.9 Å². The van der Waals surface area contributed by atoms with Crippen LogP contribution in [-0.2, 0) is 6.42 Å². The summed E-state index contributed by atoms with van der Waals surface area (Å²) < 4.78 is 6.07. The largest absolute Gasteiger partial charge is 0.487 e. The van der Waals surface area contributed by atoms with Crippen LogP contribution in [0.4, 0.5) is 0 Å². The van der Waals surface area contributed by atoms with Crippen LogP contribution in [0.15, 0.2) is 54.9 Å². The van der Waals surface area contributed by atoms with Crippen LogP contribution >= 0.6 is 0 Å². The van der Waals surface area contributed by atoms with Gasteiger partial charge < -0.3 is 4.74 Å². The van der Waals surface area contributed by atoms with Crippen LogP contribution in [0.3, 0.4) is 0 Å². The van der Waals surface area contributed by atoms with Crippen molar-refractivity contribution in [2.45, 2.75) is 46.1 Å². The Labute approximate surface area is 176 Å². The number of benzene rings is 2. The van der Waals surface area contributed by atoms with Crippen molar-refractivity contribution in [1.29, 1.82) is 0 Å². The van der Waals surface area contributed by atoms with E-state index in [-0.39, 0.29) is 11.6 Å². The van der Waals surface area contributed by atoms with Gasteiger partial charge in [-0.15, -0.1) is 0 Å². The fourth-order valence-electron chi connectivity index (χ4n) is 3.93. The molecule has 0 saturated carbocycles. The summed E-state index contributed by atoms with van der Waals surface area (Å²) in [6.45, 7) is 7.82. The molecule has 0 bridgehead atoms. The third kappa shape index (κ3) is 3.90. The van der Waals surface area contributed by atoms with E-state index in [2.05, 4.69) is 4.98 Å². The zero-order chi connectivity index (χ0) is 21.5. The number of hydrogen-bond donors (Lipinski definition) is 0. The van der Waals surface area contributed by atoms with Gasteiger partial charge in [-0.2, -0.15) is 0 Å². The predicted molar refractivity (Wildman–Crippen MR) is 117 cm³/mol. The molecule has 3 aromatic rings. The van der Waals surface area contributed by atoms with E-state index in [1.807, 2.05) is 70.2 Å². The van der Waals surface area contributed by atoms with Gasteiger partial charge in [0.2, 0.25) is 0 Å². The highest BCUT2D eigenvalue weighted by molar-refractivity contribution is 6.01. The quantitative estimate of drug-likeness (QED) is 0.541. The third-order valence-electron chi connectivity index (χ3n) is 5.60. The highest BCUT2D eigenvalue weighted by Crippen LogP contribution is 2.38. The maximum atomic E-state index is 12.7. The van der Waals surface area contributed by atoms with Gasteiger partial charge in [-0.25, -0.2) is 0 Å². The number of pyridine rings is 1. The van der Waals surface area contributed by atoms with E-state index in [0.717, 1.165) is 27.8 Å². The number of nitrogens with zero attached hydrogens (tertiary/aromatic N) is 1. The van der Waals surface area contributed by atoms with Crippen LogP contribution < -0.4 is 4.74 Å². The van der Waals surface area contributed by atoms with E-state index < -0.39 is 5.60 Å². The van der Waals surface area contributed by atoms with Crippen molar-refractivity contribution in [2.75, 3.05) is 0 Å². The van der Waals surface area contributed by atoms with E-state index in [4.69, 9.17) is 4.74 Å². The molecular weight excluding hydrogens is 374 g/mol. The molecule has 1 aliphatic heterocycles. The summed E-state index contributed by atoms with van der Waals surface area (Å²) in [5, 5.41) is 0. The molecule has 4 rings (SSSR count). The lowest BCUT2D eigenvalue weighted by Gasteiger charge is -2.32. The van der Waals surface area contributed by atoms with Gasteiger partial charge in [0.15, 0.2) is 11.6 Å². The van der Waals surface area contributed by atoms with Crippen LogP contribution in [0.25, 0.3) is 11.1 Å². The molecule has 0 unspecified atom stereocenters. The maximum Gasteiger partial charge on any atom is 0.170 e. The summed E-state index contributed by atoms with van der Waals surface area (Å²) >= 11 is 0. The van der Waals surface area contributed by atoms with Crippen LogP contribution in [0.1, 0.15) is 57.7 Å². The lowest BCUT2D eigenvalue weighted by Crippen LogP contribution is -2.35. The SMILES string of the molecule is Cc1cnccc1CC(=O)c1ccc(-c2cc3c(cc2C)C(=O)CC(C)(C)O3)cc1. The molecule has 30 heavy (non-hydrogen) atoms. The predicted octanol–water partition coefficient (Wildman–Crippen LogP) is 5.53. The molecule has 152 valence electrons. The highest BCUT2D eigenvalue weighted by atomic mass is 16.5. The van der Waals surface area contributed by atoms with Crippen molar-refractivity contribution in [3.63, 3.8) is 0 Å². The van der Waals surface area contributed by atoms with Gasteiger partial charge in [0.05, 0.1) is 12.0 Å². The molecule has 0 atom stereocenters. The first-order chi connectivity index (χ1) is 14.2. The zero-order valence-corrected chi connectivity index (χ0v) is 17.8. The van der Waals surface area contributed by atoms with E-state index in [9.17, 15) is 9.59 Å². The van der Waals surface area contributed by atoms with E-state index in [1.165, 1.54) is 0 Å². The highest BCUT2D eigenvalue weighted by Gasteiger charge is 2.33. The Hall–Kier alpha value is -3.27. The molecule has 0 fully saturated rings. The van der Waals surface area contributed by atoms with Crippen molar-refractivity contribution < 1.29 is 14.3 Å². The Balaban J connectivity index is 1.61. The molecule has 2 heterocycles. The van der Waals surface area contributed by atoms with Gasteiger partial charge in [-0.3, -0.25) is 14.6 Å². The van der Waals surface area contributed by atoms with Crippen molar-refractivity contribution in [1.82, 2.24) is 4.98 Å². The number of rotatable bonds is 4. The third-order valence-corrected chi connectivity index (χ3v) is 5.60. The van der Waals surface area contributed by atoms with Crippen molar-refractivity contribution >= 4 is 11.6 Å². The molecule has 0 saturated heterocycles. The van der Waals surface area contributed by atoms with Crippen LogP contribution in [0.5, 0.6) is 5.75 Å². The number of carbonyl (C=O) groups excluding carboxylic acids is 2. The molecular formula is C26H25NO3. The number of hydrogen-bond acceptors (Lipinski definition) is 4. The first-order valence-corrected chi connectivity index (χ1v) is 10.1. The first kappa shape index (κ1) is 20.0. The molecule has 1 aromatic heterocycles. The molecule has 0 aliphatic carbocycles. The van der Waals surface area contributed by atoms with Gasteiger partial charge in [-0.1, -0.05) is 24.3 Å². The number of Topliss-reactive ketones (excluding diaryl/α,β-unsaturated/α-hetero) is 2. The summed E-state index contributed by atoms with van der Waals surface area (Å²) in [7, 11) is 0. The van der Waals surface area contributed by atoms with Gasteiger partial charge in [-0.05, 0) is 73.7 Å². The summed E-state index contributed by atoms with van der Waals surface area (Å²) in [4.78, 5) is 29.3. The standard InChI is InChI=1S/C26H25NO3/c1-16-11-22-24(29)14-26(3,4)30-25(22)13-21(16)18-5-7-19(8-6-18)23(28)12-20-9-10-27-15-17(20)2/h5-11,13,15H,12,14H2,1-4H3. The monoisotopic (exact) mass is 399 g/mol. The van der Waals surface area contributed by atoms with Crippen LogP contribution in [-0.4, -0.2) is 22.2 Å². The number of ketones is 2. The molecule has 0 amide bonds. The summed E-state index contributed by atoms with van der Waals surface area (Å²) in [6.07, 6.45) is 4.23. The molecule has 1 aliphatic rings. The maximum absolute atomic E-state index is 12.7. The minimum atomic E-state index is -0.502. The van der Waals surface area contributed by atoms with Gasteiger partial charge in [0.25, 0.3) is 0 Å². The molecule has 0 spiro atoms.